The molecule has 1 heterocycles. The molecule has 25 heavy (non-hydrogen) atoms. The molecule has 1 aromatic carbocycles. The molecule has 0 unspecified atom stereocenters. The molecule has 2 rings (SSSR count). The number of aryl methyl sites for hydroxylation is 1. The Morgan fingerprint density at radius 1 is 1.24 bits per heavy atom. The number of hydrogen-bond donors (Lipinski definition) is 2. The first-order chi connectivity index (χ1) is 11.8. The van der Waals surface area contributed by atoms with E-state index in [1.807, 2.05) is 6.92 Å². The highest BCUT2D eigenvalue weighted by atomic mass is 35.5. The number of halogens is 2. The van der Waals surface area contributed by atoms with E-state index >= 15 is 0 Å². The van der Waals surface area contributed by atoms with Crippen LogP contribution in [0.1, 0.15) is 23.9 Å². The number of hydrazine groups is 1. The molecule has 1 aromatic heterocycles. The molecule has 0 saturated carbocycles. The number of ether oxygens (including phenoxy) is 1. The Balaban J connectivity index is 2.16. The lowest BCUT2D eigenvalue weighted by Gasteiger charge is -2.09. The topological polar surface area (TPSA) is 85.2 Å². The fraction of sp³-hybridized carbons (Fsp3) is 0.312. The summed E-state index contributed by atoms with van der Waals surface area (Å²) in [6.45, 7) is 5.53. The van der Waals surface area contributed by atoms with E-state index < -0.39 is 6.09 Å². The van der Waals surface area contributed by atoms with Crippen LogP contribution < -0.4 is 10.9 Å². The smallest absolute Gasteiger partial charge is 0.426 e. The van der Waals surface area contributed by atoms with E-state index in [0.717, 1.165) is 11.3 Å². The summed E-state index contributed by atoms with van der Waals surface area (Å²) >= 11 is 12.2. The Labute approximate surface area is 155 Å². The number of carbonyl (C=O) groups excluding carboxylic acids is 2. The van der Waals surface area contributed by atoms with Gasteiger partial charge in [-0.1, -0.05) is 23.2 Å². The van der Waals surface area contributed by atoms with E-state index in [0.29, 0.717) is 21.4 Å². The van der Waals surface area contributed by atoms with Crippen LogP contribution in [0.3, 0.4) is 0 Å². The van der Waals surface area contributed by atoms with Gasteiger partial charge in [0.05, 0.1) is 29.4 Å². The zero-order valence-corrected chi connectivity index (χ0v) is 15.5. The van der Waals surface area contributed by atoms with E-state index in [2.05, 4.69) is 20.7 Å². The zero-order valence-electron chi connectivity index (χ0n) is 14.0. The van der Waals surface area contributed by atoms with E-state index in [1.54, 1.807) is 36.7 Å². The fourth-order valence-corrected chi connectivity index (χ4v) is 2.80. The van der Waals surface area contributed by atoms with Crippen LogP contribution >= 0.6 is 23.2 Å². The number of carbonyl (C=O) groups is 2. The molecular weight excluding hydrogens is 367 g/mol. The summed E-state index contributed by atoms with van der Waals surface area (Å²) in [5.74, 6) is -0.388. The Kier molecular flexibility index (Phi) is 6.27. The molecule has 0 radical (unpaired) electrons. The summed E-state index contributed by atoms with van der Waals surface area (Å²) in [5.41, 5.74) is 7.34. The molecule has 134 valence electrons. The molecule has 0 aliphatic rings. The Morgan fingerprint density at radius 2 is 1.96 bits per heavy atom. The maximum absolute atomic E-state index is 12.0. The van der Waals surface area contributed by atoms with Gasteiger partial charge in [0.25, 0.3) is 0 Å². The van der Waals surface area contributed by atoms with Crippen molar-refractivity contribution in [3.8, 4) is 5.69 Å². The van der Waals surface area contributed by atoms with E-state index in [4.69, 9.17) is 23.2 Å². The van der Waals surface area contributed by atoms with Crippen LogP contribution in [0.15, 0.2) is 18.2 Å². The second-order valence-corrected chi connectivity index (χ2v) is 6.07. The number of amides is 2. The average molecular weight is 385 g/mol. The second kappa shape index (κ2) is 8.22. The van der Waals surface area contributed by atoms with Gasteiger partial charge in [-0.15, -0.1) is 0 Å². The standard InChI is InChI=1S/C16H18Cl2N4O3/c1-4-25-16(24)20-19-15(23)8-12-9(2)21-22(10(12)3)14-6-5-11(17)7-13(14)18/h5-7H,4,8H2,1-3H3,(H,19,23)(H,20,24). The second-order valence-electron chi connectivity index (χ2n) is 5.23. The number of hydrogen-bond acceptors (Lipinski definition) is 4. The Hall–Kier alpha value is -2.25. The molecule has 7 nitrogen and oxygen atoms in total. The summed E-state index contributed by atoms with van der Waals surface area (Å²) < 4.78 is 6.33. The summed E-state index contributed by atoms with van der Waals surface area (Å²) in [6, 6.07) is 5.11. The van der Waals surface area contributed by atoms with E-state index in [9.17, 15) is 9.59 Å². The number of aromatic nitrogens is 2. The molecule has 2 N–H and O–H groups in total. The zero-order chi connectivity index (χ0) is 18.6. The molecule has 2 aromatic rings. The highest BCUT2D eigenvalue weighted by Crippen LogP contribution is 2.27. The van der Waals surface area contributed by atoms with Gasteiger partial charge in [-0.2, -0.15) is 5.10 Å². The first-order valence-corrected chi connectivity index (χ1v) is 8.31. The highest BCUT2D eigenvalue weighted by Gasteiger charge is 2.17. The predicted octanol–water partition coefficient (Wildman–Crippen LogP) is 3.12. The summed E-state index contributed by atoms with van der Waals surface area (Å²) in [5, 5.41) is 5.43. The fourth-order valence-electron chi connectivity index (χ4n) is 2.31. The van der Waals surface area contributed by atoms with Crippen LogP contribution in [0.5, 0.6) is 0 Å². The van der Waals surface area contributed by atoms with Crippen LogP contribution in [0.25, 0.3) is 5.69 Å². The monoisotopic (exact) mass is 384 g/mol. The molecule has 0 atom stereocenters. The van der Waals surface area contributed by atoms with Crippen LogP contribution in [0, 0.1) is 13.8 Å². The molecular formula is C16H18Cl2N4O3. The van der Waals surface area contributed by atoms with Crippen molar-refractivity contribution in [2.24, 2.45) is 0 Å². The third-order valence-electron chi connectivity index (χ3n) is 3.50. The lowest BCUT2D eigenvalue weighted by molar-refractivity contribution is -0.121. The minimum absolute atomic E-state index is 0.0509. The van der Waals surface area contributed by atoms with Crippen molar-refractivity contribution in [3.05, 3.63) is 45.2 Å². The molecule has 0 aliphatic carbocycles. The molecule has 9 heteroatoms. The average Bonchev–Trinajstić information content (AvgIpc) is 2.81. The van der Waals surface area contributed by atoms with E-state index in [-0.39, 0.29) is 18.9 Å². The van der Waals surface area contributed by atoms with Crippen molar-refractivity contribution in [3.63, 3.8) is 0 Å². The van der Waals surface area contributed by atoms with Gasteiger partial charge in [-0.3, -0.25) is 10.2 Å². The Morgan fingerprint density at radius 3 is 2.60 bits per heavy atom. The van der Waals surface area contributed by atoms with Gasteiger partial charge in [-0.05, 0) is 39.0 Å². The lowest BCUT2D eigenvalue weighted by Crippen LogP contribution is -2.42. The highest BCUT2D eigenvalue weighted by molar-refractivity contribution is 6.35. The van der Waals surface area contributed by atoms with Gasteiger partial charge in [0.1, 0.15) is 0 Å². The third-order valence-corrected chi connectivity index (χ3v) is 4.03. The number of benzene rings is 1. The summed E-state index contributed by atoms with van der Waals surface area (Å²) in [6.07, 6.45) is -0.664. The summed E-state index contributed by atoms with van der Waals surface area (Å²) in [7, 11) is 0. The minimum Gasteiger partial charge on any atom is -0.449 e. The van der Waals surface area contributed by atoms with Gasteiger partial charge in [0.2, 0.25) is 5.91 Å². The third kappa shape index (κ3) is 4.64. The first-order valence-electron chi connectivity index (χ1n) is 7.55. The number of rotatable bonds is 4. The lowest BCUT2D eigenvalue weighted by atomic mass is 10.1. The van der Waals surface area contributed by atoms with Crippen molar-refractivity contribution in [1.82, 2.24) is 20.6 Å². The molecule has 0 saturated heterocycles. The quantitative estimate of drug-likeness (QED) is 0.792. The van der Waals surface area contributed by atoms with Crippen molar-refractivity contribution in [2.45, 2.75) is 27.2 Å². The van der Waals surface area contributed by atoms with Crippen molar-refractivity contribution < 1.29 is 14.3 Å². The van der Waals surface area contributed by atoms with Gasteiger partial charge in [0, 0.05) is 16.3 Å². The van der Waals surface area contributed by atoms with Crippen molar-refractivity contribution in [1.29, 1.82) is 0 Å². The molecule has 0 bridgehead atoms. The van der Waals surface area contributed by atoms with Crippen LogP contribution in [-0.2, 0) is 16.0 Å². The van der Waals surface area contributed by atoms with Gasteiger partial charge < -0.3 is 4.74 Å². The van der Waals surface area contributed by atoms with E-state index in [1.165, 1.54) is 0 Å². The van der Waals surface area contributed by atoms with Gasteiger partial charge in [0.15, 0.2) is 0 Å². The SMILES string of the molecule is CCOC(=O)NNC(=O)Cc1c(C)nn(-c2ccc(Cl)cc2Cl)c1C. The molecule has 0 fully saturated rings. The largest absolute Gasteiger partial charge is 0.449 e. The molecule has 2 amide bonds. The summed E-state index contributed by atoms with van der Waals surface area (Å²) in [4.78, 5) is 23.2. The van der Waals surface area contributed by atoms with Crippen molar-refractivity contribution >= 4 is 35.2 Å². The molecule has 0 aliphatic heterocycles. The van der Waals surface area contributed by atoms with Crippen LogP contribution in [-0.4, -0.2) is 28.4 Å². The number of nitrogens with one attached hydrogen (secondary N) is 2. The minimum atomic E-state index is -0.715. The predicted molar refractivity (Wildman–Crippen MR) is 95.1 cm³/mol. The first kappa shape index (κ1) is 19.1. The maximum Gasteiger partial charge on any atom is 0.426 e. The normalized spacial score (nSPS) is 10.4. The maximum atomic E-state index is 12.0. The van der Waals surface area contributed by atoms with Crippen molar-refractivity contribution in [2.75, 3.05) is 6.61 Å². The van der Waals surface area contributed by atoms with Crippen LogP contribution in [0.2, 0.25) is 10.0 Å². The van der Waals surface area contributed by atoms with Crippen LogP contribution in [0.4, 0.5) is 4.79 Å². The van der Waals surface area contributed by atoms with Gasteiger partial charge >= 0.3 is 6.09 Å². The van der Waals surface area contributed by atoms with Gasteiger partial charge in [-0.25, -0.2) is 14.9 Å². The molecule has 0 spiro atoms. The number of nitrogens with zero attached hydrogens (tertiary/aromatic N) is 2. The Bertz CT molecular complexity index is 805.